The summed E-state index contributed by atoms with van der Waals surface area (Å²) in [4.78, 5) is 33.0. The van der Waals surface area contributed by atoms with Gasteiger partial charge in [0.25, 0.3) is 0 Å². The van der Waals surface area contributed by atoms with Crippen LogP contribution in [0.5, 0.6) is 0 Å². The maximum absolute atomic E-state index is 11.3. The zero-order valence-corrected chi connectivity index (χ0v) is 30.1. The number of hydrogen-bond donors (Lipinski definition) is 1. The molecule has 6 nitrogen and oxygen atoms in total. The molecule has 2 spiro atoms. The Morgan fingerprint density at radius 2 is 1.23 bits per heavy atom. The fourth-order valence-corrected chi connectivity index (χ4v) is 4.41. The van der Waals surface area contributed by atoms with Gasteiger partial charge in [-0.15, -0.1) is 0 Å². The number of nitrogens with zero attached hydrogens (tertiary/aromatic N) is 2. The van der Waals surface area contributed by atoms with Gasteiger partial charge in [0.05, 0.1) is 17.4 Å². The number of carbonyl (C=O) groups is 3. The Bertz CT molecular complexity index is 742. The Morgan fingerprint density at radius 3 is 1.65 bits per heavy atom. The average Bonchev–Trinajstić information content (AvgIpc) is 2.55. The van der Waals surface area contributed by atoms with E-state index in [-0.39, 0.29) is 160 Å². The van der Waals surface area contributed by atoms with Crippen LogP contribution < -0.4 is 0 Å². The Hall–Kier alpha value is 1.63. The summed E-state index contributed by atoms with van der Waals surface area (Å²) in [6.45, 7) is 9.75. The van der Waals surface area contributed by atoms with E-state index in [0.29, 0.717) is 12.8 Å². The minimum Gasteiger partial charge on any atom is -0.644 e. The number of ketones is 1. The summed E-state index contributed by atoms with van der Waals surface area (Å²) in [5.41, 5.74) is -1.41. The normalized spacial score (nSPS) is 41.4. The second-order valence-electron chi connectivity index (χ2n) is 8.80. The number of carbonyl (C=O) groups excluding carboxylic acids is 3. The van der Waals surface area contributed by atoms with Gasteiger partial charge in [-0.25, -0.2) is 0 Å². The van der Waals surface area contributed by atoms with Crippen LogP contribution in [0.15, 0.2) is 24.3 Å². The van der Waals surface area contributed by atoms with E-state index in [1.54, 1.807) is 25.2 Å². The molecule has 7 atom stereocenters. The van der Waals surface area contributed by atoms with E-state index >= 15 is 0 Å². The Balaban J connectivity index is 0. The molecule has 2 amide bonds. The molecule has 0 bridgehead atoms. The predicted octanol–water partition coefficient (Wildman–Crippen LogP) is 3.05. The largest absolute Gasteiger partial charge is 0.644 e. The number of aliphatic hydroxyl groups is 1. The first-order valence-electron chi connectivity index (χ1n) is 9.60. The van der Waals surface area contributed by atoms with Gasteiger partial charge in [-0.2, -0.15) is 0 Å². The van der Waals surface area contributed by atoms with Gasteiger partial charge < -0.3 is 25.3 Å². The molecule has 2 radical (unpaired) electrons. The van der Waals surface area contributed by atoms with Gasteiger partial charge >= 0.3 is 0 Å². The first-order chi connectivity index (χ1) is 12.4. The van der Waals surface area contributed by atoms with Gasteiger partial charge in [0.1, 0.15) is 0 Å². The molecule has 10 heteroatoms. The van der Waals surface area contributed by atoms with Gasteiger partial charge in [0.15, 0.2) is 5.78 Å². The average molecular weight is 918 g/mol. The molecule has 31 heavy (non-hydrogen) atoms. The fraction of sp³-hybridized carbons (Fsp3) is 0.667. The maximum atomic E-state index is 11.3. The number of amides is 2. The molecule has 2 unspecified atom stereocenters. The van der Waals surface area contributed by atoms with Crippen LogP contribution in [0.1, 0.15) is 47.5 Å². The molecule has 2 heterocycles. The van der Waals surface area contributed by atoms with Crippen LogP contribution >= 0.6 is 0 Å². The van der Waals surface area contributed by atoms with Crippen molar-refractivity contribution in [1.29, 1.82) is 0 Å². The third kappa shape index (κ3) is 6.65. The van der Waals surface area contributed by atoms with Gasteiger partial charge in [0.2, 0.25) is 0 Å². The molecule has 4 rings (SSSR count). The summed E-state index contributed by atoms with van der Waals surface area (Å²) < 4.78 is 0. The van der Waals surface area contributed by atoms with Crippen molar-refractivity contribution in [3.05, 3.63) is 34.9 Å². The first-order valence-corrected chi connectivity index (χ1v) is 9.60. The number of β-lactam (4-membered cyclic amide) rings is 2. The van der Waals surface area contributed by atoms with Crippen molar-refractivity contribution < 1.29 is 127 Å². The van der Waals surface area contributed by atoms with Crippen LogP contribution in [0.3, 0.4) is 0 Å². The molecule has 166 valence electrons. The molecule has 0 aromatic rings. The third-order valence-electron chi connectivity index (χ3n) is 7.23. The summed E-state index contributed by atoms with van der Waals surface area (Å²) in [6, 6.07) is 0. The fourth-order valence-electron chi connectivity index (χ4n) is 4.41. The number of allylic oxidation sites excluding steroid dienone is 1. The third-order valence-corrected chi connectivity index (χ3v) is 7.23. The van der Waals surface area contributed by atoms with Crippen molar-refractivity contribution >= 4 is 17.6 Å². The van der Waals surface area contributed by atoms with E-state index in [4.69, 9.17) is 0 Å². The second-order valence-corrected chi connectivity index (χ2v) is 8.80. The summed E-state index contributed by atoms with van der Waals surface area (Å²) in [7, 11) is 0. The van der Waals surface area contributed by atoms with Crippen molar-refractivity contribution in [1.82, 2.24) is 0 Å². The minimum absolute atomic E-state index is 0. The van der Waals surface area contributed by atoms with Gasteiger partial charge in [-0.3, -0.25) is 4.79 Å². The molecule has 2 aliphatic heterocycles. The van der Waals surface area contributed by atoms with Gasteiger partial charge in [0, 0.05) is 113 Å². The topological polar surface area (TPSA) is 99.6 Å². The molecule has 2 saturated heterocycles. The van der Waals surface area contributed by atoms with E-state index < -0.39 is 5.60 Å². The molecule has 0 saturated carbocycles. The summed E-state index contributed by atoms with van der Waals surface area (Å²) in [5, 5.41) is 18.1. The van der Waals surface area contributed by atoms with Crippen LogP contribution in [0.25, 0.3) is 10.6 Å². The molecule has 2 fully saturated rings. The van der Waals surface area contributed by atoms with Crippen LogP contribution in [-0.4, -0.2) is 39.4 Å². The van der Waals surface area contributed by atoms with E-state index in [0.717, 1.165) is 0 Å². The second kappa shape index (κ2) is 12.6. The van der Waals surface area contributed by atoms with Crippen LogP contribution in [0, 0.1) is 23.7 Å². The van der Waals surface area contributed by atoms with Crippen molar-refractivity contribution in [2.45, 2.75) is 64.1 Å². The number of rotatable bonds is 0. The van der Waals surface area contributed by atoms with E-state index in [1.165, 1.54) is 0 Å². The van der Waals surface area contributed by atoms with E-state index in [1.807, 2.05) is 26.8 Å². The Labute approximate surface area is 264 Å². The predicted molar refractivity (Wildman–Crippen MR) is 102 cm³/mol. The van der Waals surface area contributed by atoms with Crippen molar-refractivity contribution in [3.63, 3.8) is 0 Å². The van der Waals surface area contributed by atoms with Crippen LogP contribution in [-0.2, 0) is 122 Å². The quantitative estimate of drug-likeness (QED) is 0.299. The molecule has 0 aromatic heterocycles. The first kappa shape index (κ1) is 34.8. The SMILES string of the molecule is C[C@@H]1C(=O)C=CC2(CC(=O)[N-]2)[C@@H]1C.C[C@@H]1[C@H](C)[C@](C)(O)C=CC12CC(=O)[N-]2.[W].[W].[Y].[Y]. The minimum atomic E-state index is -0.765. The molecule has 0 aromatic carbocycles. The monoisotopic (exact) mass is 918 g/mol. The molecule has 4 aliphatic rings. The summed E-state index contributed by atoms with van der Waals surface area (Å²) >= 11 is 0. The maximum Gasteiger partial charge on any atom is 0.158 e. The zero-order valence-electron chi connectivity index (χ0n) is 18.6. The Kier molecular flexibility index (Phi) is 14.1. The van der Waals surface area contributed by atoms with Gasteiger partial charge in [-0.1, -0.05) is 57.0 Å². The standard InChI is InChI=1S/C11H17NO2.C10H13NO2.2W.2Y/c1-7-8(2)11(6-9(13)12-11)5-4-10(7,3)14;1-6-7(2)10(4-3-8(6)12)5-9(13)11-10;;;;/h4-5,7-8,14H,6H2,1-3H3,(H,12,13);3-4,6-7H,5H2,1-2H3,(H,11,13);;;;/p-2/t7-,8+,10+,11?;6-,7+,10?;;;;/m00..../s1. The van der Waals surface area contributed by atoms with E-state index in [2.05, 4.69) is 17.6 Å². The summed E-state index contributed by atoms with van der Waals surface area (Å²) in [6.07, 6.45) is 8.03. The summed E-state index contributed by atoms with van der Waals surface area (Å²) in [5.74, 6) is 0.579. The molecule has 2 aliphatic carbocycles. The van der Waals surface area contributed by atoms with Gasteiger partial charge in [-0.05, 0) is 43.6 Å². The Morgan fingerprint density at radius 1 is 0.806 bits per heavy atom. The molecular weight excluding hydrogens is 890 g/mol. The van der Waals surface area contributed by atoms with Crippen LogP contribution in [0.4, 0.5) is 0 Å². The van der Waals surface area contributed by atoms with E-state index in [9.17, 15) is 19.5 Å². The molecule has 1 N–H and O–H groups in total. The van der Waals surface area contributed by atoms with Crippen molar-refractivity contribution in [3.8, 4) is 0 Å². The number of hydrogen-bond acceptors (Lipinski definition) is 4. The smallest absolute Gasteiger partial charge is 0.158 e. The van der Waals surface area contributed by atoms with Crippen molar-refractivity contribution in [2.24, 2.45) is 23.7 Å². The zero-order chi connectivity index (χ0) is 20.2. The van der Waals surface area contributed by atoms with Crippen LogP contribution in [0.2, 0.25) is 0 Å². The van der Waals surface area contributed by atoms with Crippen molar-refractivity contribution in [2.75, 3.05) is 0 Å². The molecular formula is C21H28N2O4W2Y2-2.